The SMILES string of the molecule is Cc1cccc(C)c1B1N(C)c2ccccc2-c2nc(Cc3cn(-c4c(C(C)C)cccc4C(C)C)c(-c4ccc[nH]4)n3)cn21. The fraction of sp³-hybridized carbons (Fsp3) is 0.263. The third-order valence-electron chi connectivity index (χ3n) is 9.28. The molecule has 0 saturated heterocycles. The number of anilines is 1. The highest BCUT2D eigenvalue weighted by atomic mass is 15.2. The fourth-order valence-electron chi connectivity index (χ4n) is 7.09. The van der Waals surface area contributed by atoms with Crippen LogP contribution in [0.1, 0.15) is 73.2 Å². The van der Waals surface area contributed by atoms with E-state index in [0.29, 0.717) is 18.3 Å². The molecule has 0 spiro atoms. The maximum atomic E-state index is 5.30. The fourth-order valence-corrected chi connectivity index (χ4v) is 7.09. The first-order chi connectivity index (χ1) is 21.7. The van der Waals surface area contributed by atoms with Crippen molar-refractivity contribution < 1.29 is 0 Å². The second kappa shape index (κ2) is 11.3. The van der Waals surface area contributed by atoms with E-state index in [1.165, 1.54) is 39.1 Å². The van der Waals surface area contributed by atoms with E-state index in [0.717, 1.165) is 34.3 Å². The molecule has 6 nitrogen and oxygen atoms in total. The number of hydrogen-bond acceptors (Lipinski definition) is 3. The van der Waals surface area contributed by atoms with E-state index in [2.05, 4.69) is 147 Å². The lowest BCUT2D eigenvalue weighted by atomic mass is 9.60. The van der Waals surface area contributed by atoms with Gasteiger partial charge in [0.1, 0.15) is 5.82 Å². The summed E-state index contributed by atoms with van der Waals surface area (Å²) in [6.07, 6.45) is 7.07. The van der Waals surface area contributed by atoms with E-state index in [1.54, 1.807) is 0 Å². The Morgan fingerprint density at radius 2 is 1.38 bits per heavy atom. The van der Waals surface area contributed by atoms with Crippen LogP contribution in [0.25, 0.3) is 28.6 Å². The number of H-pyrrole nitrogens is 1. The molecule has 0 atom stereocenters. The second-order valence-corrected chi connectivity index (χ2v) is 13.1. The quantitative estimate of drug-likeness (QED) is 0.192. The molecule has 0 aliphatic carbocycles. The number of para-hydroxylation sites is 2. The van der Waals surface area contributed by atoms with Crippen LogP contribution < -0.4 is 10.3 Å². The standard InChI is InChI=1S/C38H41BN6/c1-24(2)30-16-11-17-31(25(3)4)36(30)44-22-28(42-38(44)33-18-12-20-40-33)21-29-23-45-37(41-29)32-15-8-9-19-34(32)43(7)39(45)35-26(5)13-10-14-27(35)6/h8-20,22-25,40H,21H2,1-7H3. The first-order valence-electron chi connectivity index (χ1n) is 16.0. The molecule has 7 rings (SSSR count). The van der Waals surface area contributed by atoms with Crippen molar-refractivity contribution in [1.82, 2.24) is 24.0 Å². The maximum absolute atomic E-state index is 5.30. The minimum absolute atomic E-state index is 0.0101. The molecule has 1 aliphatic rings. The molecular formula is C38H41BN6. The van der Waals surface area contributed by atoms with Gasteiger partial charge >= 0.3 is 6.98 Å². The molecule has 6 aromatic rings. The van der Waals surface area contributed by atoms with E-state index in [4.69, 9.17) is 9.97 Å². The van der Waals surface area contributed by atoms with Crippen LogP contribution in [-0.2, 0) is 6.42 Å². The number of aryl methyl sites for hydroxylation is 2. The van der Waals surface area contributed by atoms with E-state index in [-0.39, 0.29) is 6.98 Å². The van der Waals surface area contributed by atoms with Gasteiger partial charge in [0.25, 0.3) is 0 Å². The van der Waals surface area contributed by atoms with Gasteiger partial charge in [-0.25, -0.2) is 9.97 Å². The molecular weight excluding hydrogens is 551 g/mol. The predicted octanol–water partition coefficient (Wildman–Crippen LogP) is 7.88. The third kappa shape index (κ3) is 4.91. The number of hydrogen-bond donors (Lipinski definition) is 1. The monoisotopic (exact) mass is 592 g/mol. The van der Waals surface area contributed by atoms with Crippen molar-refractivity contribution in [2.45, 2.75) is 59.8 Å². The minimum atomic E-state index is 0.0101. The van der Waals surface area contributed by atoms with Crippen LogP contribution in [0.4, 0.5) is 5.69 Å². The lowest BCUT2D eigenvalue weighted by Gasteiger charge is -2.36. The number of nitrogens with zero attached hydrogens (tertiary/aromatic N) is 5. The molecule has 1 aliphatic heterocycles. The van der Waals surface area contributed by atoms with Crippen molar-refractivity contribution in [2.24, 2.45) is 0 Å². The maximum Gasteiger partial charge on any atom is 0.417 e. The summed E-state index contributed by atoms with van der Waals surface area (Å²) in [7, 11) is 2.20. The molecule has 45 heavy (non-hydrogen) atoms. The zero-order valence-corrected chi connectivity index (χ0v) is 27.3. The number of aromatic amines is 1. The van der Waals surface area contributed by atoms with Gasteiger partial charge in [-0.1, -0.05) is 87.4 Å². The molecule has 0 fully saturated rings. The molecule has 0 amide bonds. The lowest BCUT2D eigenvalue weighted by molar-refractivity contribution is 0.806. The van der Waals surface area contributed by atoms with Crippen molar-refractivity contribution in [3.05, 3.63) is 125 Å². The summed E-state index contributed by atoms with van der Waals surface area (Å²) in [6.45, 7) is 13.5. The number of imidazole rings is 2. The Morgan fingerprint density at radius 3 is 2.04 bits per heavy atom. The number of aromatic nitrogens is 5. The van der Waals surface area contributed by atoms with Gasteiger partial charge in [-0.15, -0.1) is 0 Å². The number of benzene rings is 3. The van der Waals surface area contributed by atoms with Crippen LogP contribution in [0.3, 0.4) is 0 Å². The third-order valence-corrected chi connectivity index (χ3v) is 9.28. The van der Waals surface area contributed by atoms with Gasteiger partial charge in [0.15, 0.2) is 5.82 Å². The van der Waals surface area contributed by atoms with Crippen LogP contribution in [0.5, 0.6) is 0 Å². The van der Waals surface area contributed by atoms with Gasteiger partial charge in [0, 0.05) is 36.3 Å². The van der Waals surface area contributed by atoms with Crippen molar-refractivity contribution in [3.8, 4) is 28.6 Å². The zero-order valence-electron chi connectivity index (χ0n) is 27.3. The molecule has 0 radical (unpaired) electrons. The van der Waals surface area contributed by atoms with Gasteiger partial charge in [0.05, 0.1) is 22.8 Å². The largest absolute Gasteiger partial charge is 0.417 e. The number of fused-ring (bicyclic) bond motifs is 3. The summed E-state index contributed by atoms with van der Waals surface area (Å²) in [6, 6.07) is 26.0. The molecule has 3 aromatic heterocycles. The Labute approximate surface area is 266 Å². The average molecular weight is 593 g/mol. The Morgan fingerprint density at radius 1 is 0.733 bits per heavy atom. The first-order valence-corrected chi connectivity index (χ1v) is 16.0. The molecule has 7 heteroatoms. The Hall–Kier alpha value is -4.78. The zero-order chi connectivity index (χ0) is 31.4. The predicted molar refractivity (Wildman–Crippen MR) is 187 cm³/mol. The van der Waals surface area contributed by atoms with Crippen LogP contribution >= 0.6 is 0 Å². The van der Waals surface area contributed by atoms with Gasteiger partial charge in [-0.3, -0.25) is 4.57 Å². The first kappa shape index (κ1) is 29.0. The number of nitrogens with one attached hydrogen (secondary N) is 1. The van der Waals surface area contributed by atoms with Crippen LogP contribution in [0.2, 0.25) is 0 Å². The summed E-state index contributed by atoms with van der Waals surface area (Å²) >= 11 is 0. The minimum Gasteiger partial charge on any atom is -0.394 e. The van der Waals surface area contributed by atoms with Gasteiger partial charge in [-0.2, -0.15) is 0 Å². The van der Waals surface area contributed by atoms with E-state index >= 15 is 0 Å². The van der Waals surface area contributed by atoms with Crippen LogP contribution in [0.15, 0.2) is 91.4 Å². The van der Waals surface area contributed by atoms with E-state index in [1.807, 2.05) is 12.3 Å². The summed E-state index contributed by atoms with van der Waals surface area (Å²) in [5, 5.41) is 0. The van der Waals surface area contributed by atoms with Gasteiger partial charge in [-0.05, 0) is 73.6 Å². The summed E-state index contributed by atoms with van der Waals surface area (Å²) in [5.41, 5.74) is 13.1. The highest BCUT2D eigenvalue weighted by Crippen LogP contribution is 2.37. The second-order valence-electron chi connectivity index (χ2n) is 13.1. The van der Waals surface area contributed by atoms with Crippen molar-refractivity contribution in [3.63, 3.8) is 0 Å². The van der Waals surface area contributed by atoms with Gasteiger partial charge in [0.2, 0.25) is 0 Å². The highest BCUT2D eigenvalue weighted by Gasteiger charge is 2.37. The highest BCUT2D eigenvalue weighted by molar-refractivity contribution is 6.77. The summed E-state index contributed by atoms with van der Waals surface area (Å²) < 4.78 is 4.67. The molecule has 0 bridgehead atoms. The van der Waals surface area contributed by atoms with E-state index < -0.39 is 0 Å². The van der Waals surface area contributed by atoms with Gasteiger partial charge < -0.3 is 14.3 Å². The summed E-state index contributed by atoms with van der Waals surface area (Å²) in [4.78, 5) is 16.4. The topological polar surface area (TPSA) is 54.7 Å². The van der Waals surface area contributed by atoms with Crippen molar-refractivity contribution in [2.75, 3.05) is 11.9 Å². The molecule has 3 aromatic carbocycles. The van der Waals surface area contributed by atoms with Crippen LogP contribution in [0, 0.1) is 13.8 Å². The molecule has 1 N–H and O–H groups in total. The number of rotatable bonds is 7. The van der Waals surface area contributed by atoms with E-state index in [9.17, 15) is 0 Å². The van der Waals surface area contributed by atoms with Crippen LogP contribution in [-0.4, -0.2) is 38.0 Å². The Kier molecular flexibility index (Phi) is 7.27. The Balaban J connectivity index is 1.37. The molecule has 4 heterocycles. The smallest absolute Gasteiger partial charge is 0.394 e. The van der Waals surface area contributed by atoms with Crippen molar-refractivity contribution >= 4 is 18.1 Å². The van der Waals surface area contributed by atoms with Crippen molar-refractivity contribution in [1.29, 1.82) is 0 Å². The Bertz CT molecular complexity index is 1950. The lowest BCUT2D eigenvalue weighted by Crippen LogP contribution is -2.56. The normalized spacial score (nSPS) is 12.7. The molecule has 226 valence electrons. The average Bonchev–Trinajstić information content (AvgIpc) is 3.78. The summed E-state index contributed by atoms with van der Waals surface area (Å²) in [5.74, 6) is 2.68. The molecule has 0 unspecified atom stereocenters. The molecule has 0 saturated carbocycles.